The predicted octanol–water partition coefficient (Wildman–Crippen LogP) is 1.54. The van der Waals surface area contributed by atoms with Crippen molar-refractivity contribution in [3.63, 3.8) is 0 Å². The van der Waals surface area contributed by atoms with Crippen LogP contribution >= 0.6 is 0 Å². The second-order valence-corrected chi connectivity index (χ2v) is 3.57. The van der Waals surface area contributed by atoms with E-state index in [0.717, 1.165) is 0 Å². The molecule has 4 nitrogen and oxygen atoms in total. The summed E-state index contributed by atoms with van der Waals surface area (Å²) >= 11 is 0. The van der Waals surface area contributed by atoms with Crippen molar-refractivity contribution in [2.75, 3.05) is 24.2 Å². The number of rotatable bonds is 3. The van der Waals surface area contributed by atoms with Gasteiger partial charge in [0.15, 0.2) is 23.3 Å². The summed E-state index contributed by atoms with van der Waals surface area (Å²) in [5, 5.41) is 8.62. The molecule has 0 radical (unpaired) electrons. The van der Waals surface area contributed by atoms with E-state index in [9.17, 15) is 8.78 Å². The molecule has 6 heteroatoms. The van der Waals surface area contributed by atoms with Crippen LogP contribution in [0.25, 0.3) is 0 Å². The molecule has 0 saturated carbocycles. The van der Waals surface area contributed by atoms with Crippen molar-refractivity contribution in [2.24, 2.45) is 5.92 Å². The fourth-order valence-electron chi connectivity index (χ4n) is 1.28. The van der Waals surface area contributed by atoms with Crippen LogP contribution in [0.4, 0.5) is 20.4 Å². The van der Waals surface area contributed by atoms with E-state index >= 15 is 0 Å². The van der Waals surface area contributed by atoms with Crippen LogP contribution in [0.2, 0.25) is 0 Å². The van der Waals surface area contributed by atoms with Gasteiger partial charge in [-0.15, -0.1) is 0 Å². The number of nitrogens with two attached hydrogens (primary N) is 1. The first kappa shape index (κ1) is 12.2. The van der Waals surface area contributed by atoms with Crippen LogP contribution in [0.3, 0.4) is 0 Å². The van der Waals surface area contributed by atoms with Gasteiger partial charge in [0.1, 0.15) is 0 Å². The largest absolute Gasteiger partial charge is 0.381 e. The van der Waals surface area contributed by atoms with Crippen LogP contribution in [0.5, 0.6) is 0 Å². The van der Waals surface area contributed by atoms with Crippen molar-refractivity contribution < 1.29 is 8.78 Å². The first-order valence-electron chi connectivity index (χ1n) is 4.68. The Hall–Kier alpha value is -1.90. The van der Waals surface area contributed by atoms with Crippen molar-refractivity contribution in [3.8, 4) is 6.07 Å². The van der Waals surface area contributed by atoms with Gasteiger partial charge in [0.05, 0.1) is 12.0 Å². The van der Waals surface area contributed by atoms with Gasteiger partial charge < -0.3 is 10.6 Å². The molecule has 86 valence electrons. The second-order valence-electron chi connectivity index (χ2n) is 3.57. The molecule has 0 bridgehead atoms. The maximum Gasteiger partial charge on any atom is 0.168 e. The predicted molar refractivity (Wildman–Crippen MR) is 56.6 cm³/mol. The zero-order valence-corrected chi connectivity index (χ0v) is 9.04. The highest BCUT2D eigenvalue weighted by molar-refractivity contribution is 5.46. The fourth-order valence-corrected chi connectivity index (χ4v) is 1.28. The van der Waals surface area contributed by atoms with Gasteiger partial charge in [-0.05, 0) is 6.92 Å². The van der Waals surface area contributed by atoms with Gasteiger partial charge in [-0.1, -0.05) is 0 Å². The summed E-state index contributed by atoms with van der Waals surface area (Å²) in [5.74, 6) is -2.37. The minimum atomic E-state index is -0.886. The lowest BCUT2D eigenvalue weighted by molar-refractivity contribution is 0.570. The number of nitrogens with zero attached hydrogens (tertiary/aromatic N) is 3. The first-order valence-corrected chi connectivity index (χ1v) is 4.68. The number of halogens is 2. The SMILES string of the molecule is CC(C#N)CN(C)c1nc(N)c(F)cc1F. The topological polar surface area (TPSA) is 65.9 Å². The standard InChI is InChI=1S/C10H12F2N4/c1-6(4-13)5-16(2)10-8(12)3-7(11)9(14)15-10/h3,6H,5H2,1-2H3,(H2,14,15). The second kappa shape index (κ2) is 4.75. The molecule has 0 aliphatic heterocycles. The van der Waals surface area contributed by atoms with E-state index in [1.54, 1.807) is 14.0 Å². The Morgan fingerprint density at radius 3 is 2.75 bits per heavy atom. The minimum Gasteiger partial charge on any atom is -0.381 e. The highest BCUT2D eigenvalue weighted by atomic mass is 19.1. The van der Waals surface area contributed by atoms with Crippen LogP contribution in [0.15, 0.2) is 6.07 Å². The average Bonchev–Trinajstić information content (AvgIpc) is 2.23. The number of nitriles is 1. The Morgan fingerprint density at radius 1 is 1.56 bits per heavy atom. The lowest BCUT2D eigenvalue weighted by Crippen LogP contribution is -2.25. The van der Waals surface area contributed by atoms with Crippen LogP contribution in [0.1, 0.15) is 6.92 Å². The Kier molecular flexibility index (Phi) is 3.61. The molecule has 0 saturated heterocycles. The molecular formula is C10H12F2N4. The molecule has 1 rings (SSSR count). The van der Waals surface area contributed by atoms with Gasteiger partial charge in [0, 0.05) is 19.7 Å². The zero-order valence-electron chi connectivity index (χ0n) is 9.04. The van der Waals surface area contributed by atoms with Crippen LogP contribution < -0.4 is 10.6 Å². The van der Waals surface area contributed by atoms with Crippen molar-refractivity contribution in [2.45, 2.75) is 6.92 Å². The third kappa shape index (κ3) is 2.57. The van der Waals surface area contributed by atoms with Crippen molar-refractivity contribution in [1.29, 1.82) is 5.26 Å². The quantitative estimate of drug-likeness (QED) is 0.848. The Labute approximate surface area is 92.3 Å². The summed E-state index contributed by atoms with van der Waals surface area (Å²) in [6.07, 6.45) is 0. The minimum absolute atomic E-state index is 0.0546. The normalized spacial score (nSPS) is 11.9. The maximum atomic E-state index is 13.4. The molecule has 1 aromatic rings. The average molecular weight is 226 g/mol. The smallest absolute Gasteiger partial charge is 0.168 e. The van der Waals surface area contributed by atoms with E-state index in [1.165, 1.54) is 4.90 Å². The lowest BCUT2D eigenvalue weighted by Gasteiger charge is -2.20. The summed E-state index contributed by atoms with van der Waals surface area (Å²) in [6.45, 7) is 1.99. The monoisotopic (exact) mass is 226 g/mol. The third-order valence-corrected chi connectivity index (χ3v) is 2.07. The lowest BCUT2D eigenvalue weighted by atomic mass is 10.2. The molecule has 1 aromatic heterocycles. The number of anilines is 2. The molecule has 0 fully saturated rings. The molecule has 1 unspecified atom stereocenters. The van der Waals surface area contributed by atoms with Gasteiger partial charge in [0.25, 0.3) is 0 Å². The maximum absolute atomic E-state index is 13.4. The van der Waals surface area contributed by atoms with Crippen molar-refractivity contribution in [3.05, 3.63) is 17.7 Å². The molecule has 0 aliphatic carbocycles. The Balaban J connectivity index is 2.96. The van der Waals surface area contributed by atoms with Gasteiger partial charge >= 0.3 is 0 Å². The number of hydrogen-bond acceptors (Lipinski definition) is 4. The number of aromatic nitrogens is 1. The molecule has 1 heterocycles. The van der Waals surface area contributed by atoms with Gasteiger partial charge in [-0.2, -0.15) is 5.26 Å². The van der Waals surface area contributed by atoms with Crippen LogP contribution in [-0.4, -0.2) is 18.6 Å². The first-order chi connectivity index (χ1) is 7.45. The van der Waals surface area contributed by atoms with E-state index in [-0.39, 0.29) is 17.6 Å². The highest BCUT2D eigenvalue weighted by Gasteiger charge is 2.15. The Morgan fingerprint density at radius 2 is 2.19 bits per heavy atom. The molecule has 0 aliphatic rings. The molecule has 0 aromatic carbocycles. The highest BCUT2D eigenvalue weighted by Crippen LogP contribution is 2.20. The summed E-state index contributed by atoms with van der Waals surface area (Å²) in [7, 11) is 1.57. The van der Waals surface area contributed by atoms with Gasteiger partial charge in [-0.25, -0.2) is 13.8 Å². The van der Waals surface area contributed by atoms with E-state index < -0.39 is 11.6 Å². The van der Waals surface area contributed by atoms with E-state index in [4.69, 9.17) is 11.0 Å². The molecule has 1 atom stereocenters. The van der Waals surface area contributed by atoms with E-state index in [2.05, 4.69) is 4.98 Å². The van der Waals surface area contributed by atoms with Crippen molar-refractivity contribution >= 4 is 11.6 Å². The molecule has 0 amide bonds. The Bertz CT molecular complexity index is 428. The van der Waals surface area contributed by atoms with E-state index in [0.29, 0.717) is 12.6 Å². The van der Waals surface area contributed by atoms with Crippen LogP contribution in [0, 0.1) is 28.9 Å². The van der Waals surface area contributed by atoms with Gasteiger partial charge in [-0.3, -0.25) is 0 Å². The molecular weight excluding hydrogens is 214 g/mol. The van der Waals surface area contributed by atoms with Gasteiger partial charge in [0.2, 0.25) is 0 Å². The molecule has 2 N–H and O–H groups in total. The summed E-state index contributed by atoms with van der Waals surface area (Å²) in [5.41, 5.74) is 5.25. The molecule has 16 heavy (non-hydrogen) atoms. The number of pyridine rings is 1. The van der Waals surface area contributed by atoms with Crippen molar-refractivity contribution in [1.82, 2.24) is 4.98 Å². The fraction of sp³-hybridized carbons (Fsp3) is 0.400. The number of nitrogen functional groups attached to an aromatic ring is 1. The third-order valence-electron chi connectivity index (χ3n) is 2.07. The molecule has 0 spiro atoms. The van der Waals surface area contributed by atoms with Crippen LogP contribution in [-0.2, 0) is 0 Å². The van der Waals surface area contributed by atoms with E-state index in [1.807, 2.05) is 6.07 Å². The summed E-state index contributed by atoms with van der Waals surface area (Å²) < 4.78 is 26.2. The summed E-state index contributed by atoms with van der Waals surface area (Å²) in [4.78, 5) is 5.03. The summed E-state index contributed by atoms with van der Waals surface area (Å²) in [6, 6.07) is 2.70. The zero-order chi connectivity index (χ0) is 12.3. The number of hydrogen-bond donors (Lipinski definition) is 1.